The summed E-state index contributed by atoms with van der Waals surface area (Å²) in [6.07, 6.45) is 2.24. The lowest BCUT2D eigenvalue weighted by atomic mass is 10.1. The standard InChI is InChI=1S/C16H17ClN2/c17-13-3-1-2-11(8-13)10-19-16-7-4-12-9-14(18)5-6-15(12)16/h1-3,5-6,8-9,16,19H,4,7,10,18H2. The summed E-state index contributed by atoms with van der Waals surface area (Å²) < 4.78 is 0. The molecule has 3 N–H and O–H groups in total. The zero-order valence-corrected chi connectivity index (χ0v) is 11.5. The van der Waals surface area contributed by atoms with Crippen LogP contribution in [0.5, 0.6) is 0 Å². The molecule has 1 aliphatic rings. The maximum absolute atomic E-state index is 6.00. The van der Waals surface area contributed by atoms with Gasteiger partial charge in [-0.2, -0.15) is 0 Å². The molecular formula is C16H17ClN2. The van der Waals surface area contributed by atoms with Crippen molar-refractivity contribution in [1.29, 1.82) is 0 Å². The third-order valence-electron chi connectivity index (χ3n) is 3.69. The van der Waals surface area contributed by atoms with E-state index in [1.54, 1.807) is 0 Å². The van der Waals surface area contributed by atoms with Crippen molar-refractivity contribution in [3.63, 3.8) is 0 Å². The first-order valence-electron chi connectivity index (χ1n) is 6.58. The fourth-order valence-corrected chi connectivity index (χ4v) is 2.95. The van der Waals surface area contributed by atoms with Gasteiger partial charge in [0.1, 0.15) is 0 Å². The van der Waals surface area contributed by atoms with Gasteiger partial charge in [0, 0.05) is 23.3 Å². The predicted octanol–water partition coefficient (Wildman–Crippen LogP) is 3.70. The maximum Gasteiger partial charge on any atom is 0.0409 e. The Hall–Kier alpha value is -1.51. The Morgan fingerprint density at radius 3 is 2.95 bits per heavy atom. The molecule has 0 amide bonds. The molecule has 0 aromatic heterocycles. The van der Waals surface area contributed by atoms with Crippen LogP contribution >= 0.6 is 11.6 Å². The number of anilines is 1. The highest BCUT2D eigenvalue weighted by Gasteiger charge is 2.21. The quantitative estimate of drug-likeness (QED) is 0.836. The number of rotatable bonds is 3. The van der Waals surface area contributed by atoms with E-state index in [2.05, 4.69) is 23.5 Å². The van der Waals surface area contributed by atoms with E-state index < -0.39 is 0 Å². The number of halogens is 1. The van der Waals surface area contributed by atoms with Crippen molar-refractivity contribution >= 4 is 17.3 Å². The molecule has 2 aromatic carbocycles. The molecule has 0 radical (unpaired) electrons. The molecule has 98 valence electrons. The van der Waals surface area contributed by atoms with Crippen molar-refractivity contribution < 1.29 is 0 Å². The molecule has 0 heterocycles. The smallest absolute Gasteiger partial charge is 0.0409 e. The van der Waals surface area contributed by atoms with Gasteiger partial charge in [0.15, 0.2) is 0 Å². The summed E-state index contributed by atoms with van der Waals surface area (Å²) >= 11 is 6.00. The molecule has 0 saturated heterocycles. The Balaban J connectivity index is 1.70. The first kappa shape index (κ1) is 12.5. The third kappa shape index (κ3) is 2.75. The van der Waals surface area contributed by atoms with Crippen molar-refractivity contribution in [1.82, 2.24) is 5.32 Å². The summed E-state index contributed by atoms with van der Waals surface area (Å²) in [5.74, 6) is 0. The Bertz CT molecular complexity index is 595. The average molecular weight is 273 g/mol. The first-order chi connectivity index (χ1) is 9.22. The van der Waals surface area contributed by atoms with Crippen LogP contribution in [0.4, 0.5) is 5.69 Å². The fourth-order valence-electron chi connectivity index (χ4n) is 2.74. The molecule has 0 spiro atoms. The predicted molar refractivity (Wildman–Crippen MR) is 80.2 cm³/mol. The summed E-state index contributed by atoms with van der Waals surface area (Å²) in [6.45, 7) is 0.842. The molecule has 2 aromatic rings. The largest absolute Gasteiger partial charge is 0.399 e. The van der Waals surface area contributed by atoms with Gasteiger partial charge < -0.3 is 11.1 Å². The van der Waals surface area contributed by atoms with Gasteiger partial charge in [-0.25, -0.2) is 0 Å². The SMILES string of the molecule is Nc1ccc2c(c1)CCC2NCc1cccc(Cl)c1. The molecule has 19 heavy (non-hydrogen) atoms. The molecular weight excluding hydrogens is 256 g/mol. The molecule has 1 aliphatic carbocycles. The minimum Gasteiger partial charge on any atom is -0.399 e. The number of benzene rings is 2. The van der Waals surface area contributed by atoms with Crippen LogP contribution in [0.1, 0.15) is 29.2 Å². The molecule has 1 atom stereocenters. The van der Waals surface area contributed by atoms with Crippen LogP contribution in [0.25, 0.3) is 0 Å². The Morgan fingerprint density at radius 2 is 2.11 bits per heavy atom. The lowest BCUT2D eigenvalue weighted by Crippen LogP contribution is -2.18. The highest BCUT2D eigenvalue weighted by atomic mass is 35.5. The van der Waals surface area contributed by atoms with Gasteiger partial charge in [-0.1, -0.05) is 29.8 Å². The topological polar surface area (TPSA) is 38.0 Å². The normalized spacial score (nSPS) is 17.4. The molecule has 0 bridgehead atoms. The van der Waals surface area contributed by atoms with E-state index in [1.165, 1.54) is 16.7 Å². The van der Waals surface area contributed by atoms with Crippen molar-refractivity contribution in [2.75, 3.05) is 5.73 Å². The number of hydrogen-bond acceptors (Lipinski definition) is 2. The van der Waals surface area contributed by atoms with E-state index in [-0.39, 0.29) is 0 Å². The summed E-state index contributed by atoms with van der Waals surface area (Å²) in [6, 6.07) is 14.6. The highest BCUT2D eigenvalue weighted by Crippen LogP contribution is 2.32. The molecule has 3 heteroatoms. The summed E-state index contributed by atoms with van der Waals surface area (Å²) in [7, 11) is 0. The van der Waals surface area contributed by atoms with Gasteiger partial charge in [0.2, 0.25) is 0 Å². The second kappa shape index (κ2) is 5.24. The van der Waals surface area contributed by atoms with Crippen LogP contribution in [0.15, 0.2) is 42.5 Å². The van der Waals surface area contributed by atoms with E-state index in [0.29, 0.717) is 6.04 Å². The van der Waals surface area contributed by atoms with Crippen molar-refractivity contribution in [3.05, 3.63) is 64.2 Å². The van der Waals surface area contributed by atoms with Gasteiger partial charge in [0.25, 0.3) is 0 Å². The van der Waals surface area contributed by atoms with E-state index in [0.717, 1.165) is 30.1 Å². The minimum absolute atomic E-state index is 0.426. The van der Waals surface area contributed by atoms with Crippen LogP contribution in [-0.2, 0) is 13.0 Å². The fraction of sp³-hybridized carbons (Fsp3) is 0.250. The molecule has 1 unspecified atom stereocenters. The number of fused-ring (bicyclic) bond motifs is 1. The summed E-state index contributed by atoms with van der Waals surface area (Å²) in [4.78, 5) is 0. The minimum atomic E-state index is 0.426. The zero-order valence-electron chi connectivity index (χ0n) is 10.7. The van der Waals surface area contributed by atoms with Gasteiger partial charge in [0.05, 0.1) is 0 Å². The van der Waals surface area contributed by atoms with E-state index >= 15 is 0 Å². The number of aryl methyl sites for hydroxylation is 1. The van der Waals surface area contributed by atoms with Crippen molar-refractivity contribution in [2.45, 2.75) is 25.4 Å². The summed E-state index contributed by atoms with van der Waals surface area (Å²) in [5, 5.41) is 4.39. The van der Waals surface area contributed by atoms with Crippen LogP contribution < -0.4 is 11.1 Å². The number of nitrogens with one attached hydrogen (secondary N) is 1. The van der Waals surface area contributed by atoms with E-state index in [4.69, 9.17) is 17.3 Å². The monoisotopic (exact) mass is 272 g/mol. The number of nitrogens with two attached hydrogens (primary N) is 1. The van der Waals surface area contributed by atoms with Crippen LogP contribution in [0.3, 0.4) is 0 Å². The van der Waals surface area contributed by atoms with E-state index in [1.807, 2.05) is 24.3 Å². The Morgan fingerprint density at radius 1 is 1.21 bits per heavy atom. The van der Waals surface area contributed by atoms with Gasteiger partial charge in [-0.3, -0.25) is 0 Å². The molecule has 3 rings (SSSR count). The van der Waals surface area contributed by atoms with Crippen LogP contribution in [-0.4, -0.2) is 0 Å². The van der Waals surface area contributed by atoms with E-state index in [9.17, 15) is 0 Å². The Kier molecular flexibility index (Phi) is 3.45. The van der Waals surface area contributed by atoms with Gasteiger partial charge in [-0.15, -0.1) is 0 Å². The summed E-state index contributed by atoms with van der Waals surface area (Å²) in [5.41, 5.74) is 10.7. The third-order valence-corrected chi connectivity index (χ3v) is 3.92. The van der Waals surface area contributed by atoms with Gasteiger partial charge >= 0.3 is 0 Å². The second-order valence-corrected chi connectivity index (χ2v) is 5.50. The van der Waals surface area contributed by atoms with Gasteiger partial charge in [-0.05, 0) is 53.8 Å². The molecule has 2 nitrogen and oxygen atoms in total. The first-order valence-corrected chi connectivity index (χ1v) is 6.96. The van der Waals surface area contributed by atoms with Crippen molar-refractivity contribution in [3.8, 4) is 0 Å². The maximum atomic E-state index is 6.00. The van der Waals surface area contributed by atoms with Crippen molar-refractivity contribution in [2.24, 2.45) is 0 Å². The number of hydrogen-bond donors (Lipinski definition) is 2. The molecule has 0 aliphatic heterocycles. The van der Waals surface area contributed by atoms with Crippen LogP contribution in [0.2, 0.25) is 5.02 Å². The lowest BCUT2D eigenvalue weighted by molar-refractivity contribution is 0.530. The molecule has 0 saturated carbocycles. The molecule has 0 fully saturated rings. The van der Waals surface area contributed by atoms with Crippen LogP contribution in [0, 0.1) is 0 Å². The average Bonchev–Trinajstić information content (AvgIpc) is 2.78. The number of nitrogen functional groups attached to an aromatic ring is 1. The highest BCUT2D eigenvalue weighted by molar-refractivity contribution is 6.30. The Labute approximate surface area is 118 Å². The lowest BCUT2D eigenvalue weighted by Gasteiger charge is -2.14. The zero-order chi connectivity index (χ0) is 13.2. The second-order valence-electron chi connectivity index (χ2n) is 5.06.